The van der Waals surface area contributed by atoms with Crippen LogP contribution in [0.1, 0.15) is 11.8 Å². The zero-order valence-corrected chi connectivity index (χ0v) is 13.8. The van der Waals surface area contributed by atoms with E-state index in [0.29, 0.717) is 11.7 Å². The molecule has 0 unspecified atom stereocenters. The van der Waals surface area contributed by atoms with Gasteiger partial charge in [-0.05, 0) is 30.8 Å². The Kier molecular flexibility index (Phi) is 5.82. The highest BCUT2D eigenvalue weighted by Crippen LogP contribution is 2.17. The molecule has 6 heteroatoms. The molecule has 4 nitrogen and oxygen atoms in total. The average Bonchev–Trinajstić information content (AvgIpc) is 2.85. The van der Waals surface area contributed by atoms with Crippen molar-refractivity contribution in [2.24, 2.45) is 0 Å². The van der Waals surface area contributed by atoms with Crippen LogP contribution >= 0.6 is 27.3 Å². The highest BCUT2D eigenvalue weighted by molar-refractivity contribution is 9.10. The summed E-state index contributed by atoms with van der Waals surface area (Å²) in [5.74, 6) is 0.895. The number of benzene rings is 1. The molecule has 2 N–H and O–H groups in total. The van der Waals surface area contributed by atoms with Gasteiger partial charge >= 0.3 is 0 Å². The summed E-state index contributed by atoms with van der Waals surface area (Å²) in [6.45, 7) is 5.54. The largest absolute Gasteiger partial charge is 0.492 e. The lowest BCUT2D eigenvalue weighted by atomic mass is 10.3. The van der Waals surface area contributed by atoms with Gasteiger partial charge < -0.3 is 10.5 Å². The predicted molar refractivity (Wildman–Crippen MR) is 87.1 cm³/mol. The summed E-state index contributed by atoms with van der Waals surface area (Å²) >= 11 is 4.95. The molecule has 0 fully saturated rings. The maximum absolute atomic E-state index is 5.74. The first-order valence-corrected chi connectivity index (χ1v) is 8.09. The molecule has 2 aromatic rings. The highest BCUT2D eigenvalue weighted by atomic mass is 79.9. The number of nitrogen functional groups attached to an aromatic ring is 1. The first kappa shape index (κ1) is 15.3. The van der Waals surface area contributed by atoms with Crippen LogP contribution in [-0.2, 0) is 6.54 Å². The number of hydrogen-bond acceptors (Lipinski definition) is 5. The highest BCUT2D eigenvalue weighted by Gasteiger charge is 2.06. The molecule has 0 radical (unpaired) electrons. The fourth-order valence-electron chi connectivity index (χ4n) is 1.79. The summed E-state index contributed by atoms with van der Waals surface area (Å²) in [5.41, 5.74) is 5.64. The molecule has 0 bridgehead atoms. The van der Waals surface area contributed by atoms with Crippen LogP contribution in [0, 0.1) is 0 Å². The molecule has 1 aromatic carbocycles. The minimum atomic E-state index is 0.627. The summed E-state index contributed by atoms with van der Waals surface area (Å²) in [5, 5.41) is 0.627. The molecule has 0 amide bonds. The fourth-order valence-corrected chi connectivity index (χ4v) is 2.78. The van der Waals surface area contributed by atoms with Crippen LogP contribution in [0.15, 0.2) is 34.9 Å². The third-order valence-electron chi connectivity index (χ3n) is 2.89. The number of nitrogens with two attached hydrogens (primary N) is 1. The van der Waals surface area contributed by atoms with E-state index in [1.807, 2.05) is 30.5 Å². The SMILES string of the molecule is CCN(CCOc1ccc(Br)cc1)Cc1cnc(N)s1. The van der Waals surface area contributed by atoms with E-state index in [9.17, 15) is 0 Å². The van der Waals surface area contributed by atoms with E-state index in [2.05, 4.69) is 32.7 Å². The van der Waals surface area contributed by atoms with Crippen molar-refractivity contribution >= 4 is 32.4 Å². The number of thiazole rings is 1. The van der Waals surface area contributed by atoms with Crippen LogP contribution < -0.4 is 10.5 Å². The maximum atomic E-state index is 5.74. The predicted octanol–water partition coefficient (Wildman–Crippen LogP) is 3.39. The lowest BCUT2D eigenvalue weighted by Gasteiger charge is -2.19. The van der Waals surface area contributed by atoms with Crippen LogP contribution in [-0.4, -0.2) is 29.6 Å². The monoisotopic (exact) mass is 355 g/mol. The molecule has 108 valence electrons. The molecular weight excluding hydrogens is 338 g/mol. The zero-order valence-electron chi connectivity index (χ0n) is 11.4. The molecule has 0 saturated carbocycles. The van der Waals surface area contributed by atoms with Crippen LogP contribution in [0.3, 0.4) is 0 Å². The fraction of sp³-hybridized carbons (Fsp3) is 0.357. The normalized spacial score (nSPS) is 10.9. The standard InChI is InChI=1S/C14H18BrN3OS/c1-2-18(10-13-9-17-14(16)20-13)7-8-19-12-5-3-11(15)4-6-12/h3-6,9H,2,7-8,10H2,1H3,(H2,16,17). The summed E-state index contributed by atoms with van der Waals surface area (Å²) in [7, 11) is 0. The Morgan fingerprint density at radius 2 is 2.10 bits per heavy atom. The van der Waals surface area contributed by atoms with Gasteiger partial charge in [-0.1, -0.05) is 22.9 Å². The van der Waals surface area contributed by atoms with Gasteiger partial charge in [0, 0.05) is 28.6 Å². The third kappa shape index (κ3) is 4.77. The van der Waals surface area contributed by atoms with Gasteiger partial charge in [0.2, 0.25) is 0 Å². The molecule has 0 aliphatic heterocycles. The Labute approximate surface area is 131 Å². The van der Waals surface area contributed by atoms with Gasteiger partial charge in [0.15, 0.2) is 5.13 Å². The van der Waals surface area contributed by atoms with Crippen LogP contribution in [0.25, 0.3) is 0 Å². The number of hydrogen-bond donors (Lipinski definition) is 1. The van der Waals surface area contributed by atoms with Gasteiger partial charge in [-0.15, -0.1) is 11.3 Å². The minimum absolute atomic E-state index is 0.627. The second kappa shape index (κ2) is 7.61. The van der Waals surface area contributed by atoms with Gasteiger partial charge in [-0.25, -0.2) is 4.98 Å². The quantitative estimate of drug-likeness (QED) is 0.826. The average molecular weight is 356 g/mol. The molecule has 0 aliphatic rings. The Balaban J connectivity index is 1.77. The summed E-state index contributed by atoms with van der Waals surface area (Å²) in [6.07, 6.45) is 1.85. The Bertz CT molecular complexity index is 529. The number of likely N-dealkylation sites (N-methyl/N-ethyl adjacent to an activating group) is 1. The molecular formula is C14H18BrN3OS. The van der Waals surface area contributed by atoms with Gasteiger partial charge in [0.1, 0.15) is 12.4 Å². The number of nitrogens with zero attached hydrogens (tertiary/aromatic N) is 2. The number of ether oxygens (including phenoxy) is 1. The van der Waals surface area contributed by atoms with Crippen molar-refractivity contribution in [3.63, 3.8) is 0 Å². The number of halogens is 1. The topological polar surface area (TPSA) is 51.4 Å². The lowest BCUT2D eigenvalue weighted by molar-refractivity contribution is 0.211. The molecule has 1 heterocycles. The van der Waals surface area contributed by atoms with E-state index in [1.165, 1.54) is 4.88 Å². The number of aromatic nitrogens is 1. The Morgan fingerprint density at radius 3 is 2.70 bits per heavy atom. The smallest absolute Gasteiger partial charge is 0.180 e. The summed E-state index contributed by atoms with van der Waals surface area (Å²) in [4.78, 5) is 7.57. The van der Waals surface area contributed by atoms with E-state index in [1.54, 1.807) is 11.3 Å². The first-order valence-electron chi connectivity index (χ1n) is 6.48. The van der Waals surface area contributed by atoms with Crippen molar-refractivity contribution < 1.29 is 4.74 Å². The number of rotatable bonds is 7. The molecule has 0 aliphatic carbocycles. The Morgan fingerprint density at radius 1 is 1.35 bits per heavy atom. The van der Waals surface area contributed by atoms with Gasteiger partial charge in [0.25, 0.3) is 0 Å². The van der Waals surface area contributed by atoms with Crippen molar-refractivity contribution in [3.05, 3.63) is 39.8 Å². The molecule has 2 rings (SSSR count). The van der Waals surface area contributed by atoms with Crippen molar-refractivity contribution in [2.75, 3.05) is 25.4 Å². The van der Waals surface area contributed by atoms with E-state index in [0.717, 1.165) is 29.9 Å². The van der Waals surface area contributed by atoms with E-state index in [-0.39, 0.29) is 0 Å². The van der Waals surface area contributed by atoms with Crippen molar-refractivity contribution in [1.29, 1.82) is 0 Å². The Hall–Kier alpha value is -1.11. The van der Waals surface area contributed by atoms with Gasteiger partial charge in [-0.3, -0.25) is 4.90 Å². The van der Waals surface area contributed by atoms with E-state index < -0.39 is 0 Å². The molecule has 1 aromatic heterocycles. The van der Waals surface area contributed by atoms with Crippen molar-refractivity contribution in [3.8, 4) is 5.75 Å². The lowest BCUT2D eigenvalue weighted by Crippen LogP contribution is -2.27. The van der Waals surface area contributed by atoms with Crippen molar-refractivity contribution in [2.45, 2.75) is 13.5 Å². The van der Waals surface area contributed by atoms with Gasteiger partial charge in [0.05, 0.1) is 0 Å². The summed E-state index contributed by atoms with van der Waals surface area (Å²) < 4.78 is 6.79. The van der Waals surface area contributed by atoms with E-state index in [4.69, 9.17) is 10.5 Å². The molecule has 0 spiro atoms. The van der Waals surface area contributed by atoms with Crippen LogP contribution in [0.4, 0.5) is 5.13 Å². The molecule has 20 heavy (non-hydrogen) atoms. The second-order valence-electron chi connectivity index (χ2n) is 4.34. The maximum Gasteiger partial charge on any atom is 0.180 e. The second-order valence-corrected chi connectivity index (χ2v) is 6.40. The van der Waals surface area contributed by atoms with Gasteiger partial charge in [-0.2, -0.15) is 0 Å². The van der Waals surface area contributed by atoms with Crippen LogP contribution in [0.5, 0.6) is 5.75 Å². The molecule has 0 saturated heterocycles. The minimum Gasteiger partial charge on any atom is -0.492 e. The first-order chi connectivity index (χ1) is 9.67. The zero-order chi connectivity index (χ0) is 14.4. The third-order valence-corrected chi connectivity index (χ3v) is 4.23. The van der Waals surface area contributed by atoms with E-state index >= 15 is 0 Å². The van der Waals surface area contributed by atoms with Crippen LogP contribution in [0.2, 0.25) is 0 Å². The number of anilines is 1. The molecule has 0 atom stereocenters. The van der Waals surface area contributed by atoms with Crippen molar-refractivity contribution in [1.82, 2.24) is 9.88 Å². The summed E-state index contributed by atoms with van der Waals surface area (Å²) in [6, 6.07) is 7.88.